The van der Waals surface area contributed by atoms with Crippen LogP contribution in [0.15, 0.2) is 42.7 Å². The highest BCUT2D eigenvalue weighted by atomic mass is 19.1. The topological polar surface area (TPSA) is 46.3 Å². The SMILES string of the molecule is CC(C)(C)C#Cc1cc(F)cc(N(c2nc3nncn3c3ccc(F)cc23)C2CC2)c1. The summed E-state index contributed by atoms with van der Waals surface area (Å²) in [7, 11) is 0. The van der Waals surface area contributed by atoms with Crippen LogP contribution in [0.4, 0.5) is 20.3 Å². The van der Waals surface area contributed by atoms with E-state index in [4.69, 9.17) is 0 Å². The van der Waals surface area contributed by atoms with Gasteiger partial charge in [-0.25, -0.2) is 8.78 Å². The smallest absolute Gasteiger partial charge is 0.257 e. The van der Waals surface area contributed by atoms with E-state index in [0.29, 0.717) is 28.2 Å². The Balaban J connectivity index is 1.73. The summed E-state index contributed by atoms with van der Waals surface area (Å²) in [6.07, 6.45) is 3.43. The summed E-state index contributed by atoms with van der Waals surface area (Å²) in [5, 5.41) is 8.64. The van der Waals surface area contributed by atoms with E-state index in [9.17, 15) is 8.78 Å². The summed E-state index contributed by atoms with van der Waals surface area (Å²) < 4.78 is 30.5. The largest absolute Gasteiger partial charge is 0.322 e. The summed E-state index contributed by atoms with van der Waals surface area (Å²) in [6.45, 7) is 6.03. The Morgan fingerprint density at radius 3 is 2.61 bits per heavy atom. The molecule has 31 heavy (non-hydrogen) atoms. The van der Waals surface area contributed by atoms with Crippen molar-refractivity contribution in [3.05, 3.63) is 59.9 Å². The van der Waals surface area contributed by atoms with Gasteiger partial charge in [0.2, 0.25) is 0 Å². The summed E-state index contributed by atoms with van der Waals surface area (Å²) in [4.78, 5) is 6.65. The first-order chi connectivity index (χ1) is 14.8. The molecule has 2 heterocycles. The van der Waals surface area contributed by atoms with Crippen molar-refractivity contribution in [1.29, 1.82) is 0 Å². The lowest BCUT2D eigenvalue weighted by molar-refractivity contribution is 0.571. The number of halogens is 2. The fraction of sp³-hybridized carbons (Fsp3) is 0.292. The molecule has 2 aromatic heterocycles. The van der Waals surface area contributed by atoms with E-state index in [-0.39, 0.29) is 23.1 Å². The third-order valence-electron chi connectivity index (χ3n) is 5.08. The van der Waals surface area contributed by atoms with Crippen LogP contribution in [0, 0.1) is 28.9 Å². The molecule has 0 N–H and O–H groups in total. The number of nitrogens with zero attached hydrogens (tertiary/aromatic N) is 5. The van der Waals surface area contributed by atoms with Crippen LogP contribution in [0.3, 0.4) is 0 Å². The lowest BCUT2D eigenvalue weighted by atomic mass is 9.97. The van der Waals surface area contributed by atoms with E-state index < -0.39 is 0 Å². The minimum atomic E-state index is -0.375. The van der Waals surface area contributed by atoms with Gasteiger partial charge in [0, 0.05) is 28.1 Å². The molecule has 0 amide bonds. The molecule has 5 nitrogen and oxygen atoms in total. The number of aromatic nitrogens is 4. The summed E-state index contributed by atoms with van der Waals surface area (Å²) in [5.74, 6) is 6.44. The van der Waals surface area contributed by atoms with Crippen molar-refractivity contribution < 1.29 is 8.78 Å². The number of fused-ring (bicyclic) bond motifs is 3. The van der Waals surface area contributed by atoms with E-state index in [0.717, 1.165) is 18.4 Å². The van der Waals surface area contributed by atoms with Crippen LogP contribution < -0.4 is 4.90 Å². The molecule has 0 aliphatic heterocycles. The predicted octanol–water partition coefficient (Wildman–Crippen LogP) is 5.25. The molecule has 0 atom stereocenters. The zero-order valence-corrected chi connectivity index (χ0v) is 17.5. The van der Waals surface area contributed by atoms with E-state index in [2.05, 4.69) is 27.0 Å². The zero-order valence-electron chi connectivity index (χ0n) is 17.5. The van der Waals surface area contributed by atoms with E-state index in [1.165, 1.54) is 24.3 Å². The average Bonchev–Trinajstić information content (AvgIpc) is 3.41. The minimum absolute atomic E-state index is 0.148. The summed E-state index contributed by atoms with van der Waals surface area (Å²) in [6, 6.07) is 9.45. The second kappa shape index (κ2) is 7.02. The third kappa shape index (κ3) is 3.81. The van der Waals surface area contributed by atoms with Gasteiger partial charge in [0.05, 0.1) is 5.52 Å². The van der Waals surface area contributed by atoms with E-state index >= 15 is 0 Å². The van der Waals surface area contributed by atoms with Crippen LogP contribution in [0.2, 0.25) is 0 Å². The molecule has 0 bridgehead atoms. The van der Waals surface area contributed by atoms with Crippen LogP contribution in [0.5, 0.6) is 0 Å². The van der Waals surface area contributed by atoms with Gasteiger partial charge in [-0.3, -0.25) is 4.40 Å². The van der Waals surface area contributed by atoms with Gasteiger partial charge in [0.25, 0.3) is 5.78 Å². The van der Waals surface area contributed by atoms with Gasteiger partial charge in [0.15, 0.2) is 0 Å². The first-order valence-corrected chi connectivity index (χ1v) is 10.2. The Kier molecular flexibility index (Phi) is 4.40. The van der Waals surface area contributed by atoms with Crippen molar-refractivity contribution in [2.45, 2.75) is 39.7 Å². The third-order valence-corrected chi connectivity index (χ3v) is 5.08. The quantitative estimate of drug-likeness (QED) is 0.427. The molecule has 0 saturated heterocycles. The van der Waals surface area contributed by atoms with E-state index in [1.54, 1.807) is 16.8 Å². The van der Waals surface area contributed by atoms with Crippen molar-refractivity contribution in [1.82, 2.24) is 19.6 Å². The minimum Gasteiger partial charge on any atom is -0.322 e. The Labute approximate surface area is 178 Å². The highest BCUT2D eigenvalue weighted by Crippen LogP contribution is 2.41. The number of hydrogen-bond acceptors (Lipinski definition) is 4. The fourth-order valence-electron chi connectivity index (χ4n) is 3.59. The number of hydrogen-bond donors (Lipinski definition) is 0. The molecule has 1 saturated carbocycles. The molecular formula is C24H21F2N5. The van der Waals surface area contributed by atoms with Crippen molar-refractivity contribution in [3.8, 4) is 11.8 Å². The normalized spacial score (nSPS) is 14.0. The van der Waals surface area contributed by atoms with Gasteiger partial charge in [-0.2, -0.15) is 4.98 Å². The lowest BCUT2D eigenvalue weighted by Gasteiger charge is -2.25. The molecule has 0 radical (unpaired) electrons. The van der Waals surface area contributed by atoms with Gasteiger partial charge in [-0.15, -0.1) is 10.2 Å². The summed E-state index contributed by atoms with van der Waals surface area (Å²) >= 11 is 0. The van der Waals surface area contributed by atoms with Gasteiger partial charge < -0.3 is 4.90 Å². The van der Waals surface area contributed by atoms with Crippen LogP contribution in [-0.2, 0) is 0 Å². The molecule has 1 aliphatic rings. The Morgan fingerprint density at radius 2 is 1.87 bits per heavy atom. The fourth-order valence-corrected chi connectivity index (χ4v) is 3.59. The Morgan fingerprint density at radius 1 is 1.06 bits per heavy atom. The molecule has 0 unspecified atom stereocenters. The molecule has 156 valence electrons. The van der Waals surface area contributed by atoms with Gasteiger partial charge >= 0.3 is 0 Å². The maximum absolute atomic E-state index is 14.6. The monoisotopic (exact) mass is 417 g/mol. The standard InChI is InChI=1S/C24H21F2N5/c1-24(2,3)9-8-15-10-17(26)12-19(11-15)31(18-5-6-18)22-20-13-16(25)4-7-21(20)30-14-27-29-23(30)28-22/h4,7,10-14,18H,5-6H2,1-3H3. The first kappa shape index (κ1) is 19.4. The Hall–Kier alpha value is -3.53. The molecular weight excluding hydrogens is 396 g/mol. The lowest BCUT2D eigenvalue weighted by Crippen LogP contribution is -2.22. The van der Waals surface area contributed by atoms with Crippen molar-refractivity contribution >= 4 is 28.2 Å². The average molecular weight is 417 g/mol. The number of anilines is 2. The molecule has 1 aliphatic carbocycles. The highest BCUT2D eigenvalue weighted by Gasteiger charge is 2.33. The molecule has 2 aromatic carbocycles. The maximum atomic E-state index is 14.6. The zero-order chi connectivity index (χ0) is 21.8. The van der Waals surface area contributed by atoms with Crippen molar-refractivity contribution in [3.63, 3.8) is 0 Å². The first-order valence-electron chi connectivity index (χ1n) is 10.2. The molecule has 7 heteroatoms. The van der Waals surface area contributed by atoms with Crippen LogP contribution in [-0.4, -0.2) is 25.6 Å². The maximum Gasteiger partial charge on any atom is 0.257 e. The molecule has 5 rings (SSSR count). The van der Waals surface area contributed by atoms with Crippen molar-refractivity contribution in [2.75, 3.05) is 4.90 Å². The predicted molar refractivity (Wildman–Crippen MR) is 116 cm³/mol. The van der Waals surface area contributed by atoms with Crippen molar-refractivity contribution in [2.24, 2.45) is 5.41 Å². The van der Waals surface area contributed by atoms with Gasteiger partial charge in [-0.1, -0.05) is 11.8 Å². The second-order valence-corrected chi connectivity index (χ2v) is 8.90. The molecule has 1 fully saturated rings. The molecule has 4 aromatic rings. The summed E-state index contributed by atoms with van der Waals surface area (Å²) in [5.41, 5.74) is 1.77. The van der Waals surface area contributed by atoms with Gasteiger partial charge in [0.1, 0.15) is 23.8 Å². The van der Waals surface area contributed by atoms with Gasteiger partial charge in [-0.05, 0) is 70.0 Å². The second-order valence-electron chi connectivity index (χ2n) is 8.90. The number of benzene rings is 2. The van der Waals surface area contributed by atoms with Crippen LogP contribution in [0.1, 0.15) is 39.2 Å². The van der Waals surface area contributed by atoms with E-state index in [1.807, 2.05) is 31.7 Å². The van der Waals surface area contributed by atoms with Crippen LogP contribution >= 0.6 is 0 Å². The van der Waals surface area contributed by atoms with Crippen LogP contribution in [0.25, 0.3) is 16.7 Å². The number of rotatable bonds is 3. The highest BCUT2D eigenvalue weighted by molar-refractivity contribution is 5.94. The Bertz CT molecular complexity index is 1370. The molecule has 0 spiro atoms.